The number of fused-ring (bicyclic) bond motifs is 2. The van der Waals surface area contributed by atoms with E-state index in [1.807, 2.05) is 42.5 Å². The summed E-state index contributed by atoms with van der Waals surface area (Å²) in [5.41, 5.74) is 5.16. The summed E-state index contributed by atoms with van der Waals surface area (Å²) in [5, 5.41) is 16.5. The van der Waals surface area contributed by atoms with Crippen LogP contribution in [0.5, 0.6) is 0 Å². The maximum absolute atomic E-state index is 13.2. The van der Waals surface area contributed by atoms with E-state index in [9.17, 15) is 14.9 Å². The van der Waals surface area contributed by atoms with E-state index in [0.29, 0.717) is 23.3 Å². The number of nitrogens with zero attached hydrogens (tertiary/aromatic N) is 3. The molecule has 0 unspecified atom stereocenters. The molecule has 0 saturated carbocycles. The van der Waals surface area contributed by atoms with Crippen LogP contribution in [-0.2, 0) is 6.42 Å². The second-order valence-corrected chi connectivity index (χ2v) is 8.60. The molecule has 6 rings (SSSR count). The summed E-state index contributed by atoms with van der Waals surface area (Å²) in [4.78, 5) is 28.8. The lowest BCUT2D eigenvalue weighted by Gasteiger charge is -2.09. The molecule has 174 valence electrons. The average molecular weight is 473 g/mol. The minimum absolute atomic E-state index is 0.0141. The number of aromatic nitrogens is 3. The fourth-order valence-electron chi connectivity index (χ4n) is 4.64. The molecule has 7 heteroatoms. The first-order valence-electron chi connectivity index (χ1n) is 11.5. The molecule has 6 aromatic rings. The number of H-pyrrole nitrogens is 1. The Labute approximate surface area is 205 Å². The fraction of sp³-hybridized carbons (Fsp3) is 0.0345. The smallest absolute Gasteiger partial charge is 0.273 e. The second-order valence-electron chi connectivity index (χ2n) is 8.60. The van der Waals surface area contributed by atoms with E-state index < -0.39 is 4.92 Å². The zero-order valence-corrected chi connectivity index (χ0v) is 19.1. The SMILES string of the molecule is O=c1cc(-c2ccc([N+](=O)[O-])cc2)nc2c(-c3cccc4ccccc34)c(Cc3ccccc3)[nH]n12. The highest BCUT2D eigenvalue weighted by Gasteiger charge is 2.20. The third-order valence-electron chi connectivity index (χ3n) is 6.35. The van der Waals surface area contributed by atoms with E-state index in [1.54, 1.807) is 12.1 Å². The summed E-state index contributed by atoms with van der Waals surface area (Å²) in [6.07, 6.45) is 0.592. The van der Waals surface area contributed by atoms with Gasteiger partial charge in [0, 0.05) is 41.4 Å². The van der Waals surface area contributed by atoms with Gasteiger partial charge in [-0.15, -0.1) is 0 Å². The van der Waals surface area contributed by atoms with Crippen LogP contribution in [0.3, 0.4) is 0 Å². The summed E-state index contributed by atoms with van der Waals surface area (Å²) in [5.74, 6) is 0. The third-order valence-corrected chi connectivity index (χ3v) is 6.35. The quantitative estimate of drug-likeness (QED) is 0.246. The van der Waals surface area contributed by atoms with Crippen LogP contribution < -0.4 is 5.56 Å². The number of nitro benzene ring substituents is 1. The number of hydrogen-bond donors (Lipinski definition) is 1. The molecule has 0 bridgehead atoms. The molecule has 2 aromatic heterocycles. The van der Waals surface area contributed by atoms with E-state index in [0.717, 1.165) is 33.2 Å². The Morgan fingerprint density at radius 2 is 1.58 bits per heavy atom. The maximum atomic E-state index is 13.2. The number of hydrogen-bond acceptors (Lipinski definition) is 4. The number of nitro groups is 1. The summed E-state index contributed by atoms with van der Waals surface area (Å²) in [7, 11) is 0. The van der Waals surface area contributed by atoms with Crippen molar-refractivity contribution in [3.8, 4) is 22.4 Å². The van der Waals surface area contributed by atoms with Crippen LogP contribution in [0.2, 0.25) is 0 Å². The highest BCUT2D eigenvalue weighted by Crippen LogP contribution is 2.35. The molecule has 0 aliphatic heterocycles. The van der Waals surface area contributed by atoms with Gasteiger partial charge in [-0.25, -0.2) is 9.50 Å². The van der Waals surface area contributed by atoms with E-state index >= 15 is 0 Å². The van der Waals surface area contributed by atoms with E-state index in [-0.39, 0.29) is 11.2 Å². The van der Waals surface area contributed by atoms with Crippen molar-refractivity contribution in [3.05, 3.63) is 135 Å². The van der Waals surface area contributed by atoms with E-state index in [2.05, 4.69) is 35.4 Å². The zero-order chi connectivity index (χ0) is 24.6. The van der Waals surface area contributed by atoms with Gasteiger partial charge in [0.1, 0.15) is 0 Å². The Bertz CT molecular complexity index is 1800. The number of rotatable bonds is 5. The zero-order valence-electron chi connectivity index (χ0n) is 19.1. The lowest BCUT2D eigenvalue weighted by atomic mass is 9.96. The molecule has 0 aliphatic rings. The molecule has 0 amide bonds. The Kier molecular flexibility index (Phi) is 5.15. The molecule has 0 fully saturated rings. The minimum atomic E-state index is -0.448. The molecule has 1 N–H and O–H groups in total. The number of aromatic amines is 1. The molecule has 0 radical (unpaired) electrons. The lowest BCUT2D eigenvalue weighted by Crippen LogP contribution is -2.14. The van der Waals surface area contributed by atoms with Crippen molar-refractivity contribution in [2.45, 2.75) is 6.42 Å². The summed E-state index contributed by atoms with van der Waals surface area (Å²) in [6, 6.07) is 31.8. The predicted octanol–water partition coefficient (Wildman–Crippen LogP) is 6.01. The molecule has 2 heterocycles. The van der Waals surface area contributed by atoms with Crippen molar-refractivity contribution in [3.63, 3.8) is 0 Å². The summed E-state index contributed by atoms with van der Waals surface area (Å²) >= 11 is 0. The maximum Gasteiger partial charge on any atom is 0.273 e. The average Bonchev–Trinajstić information content (AvgIpc) is 3.27. The Morgan fingerprint density at radius 1 is 0.861 bits per heavy atom. The van der Waals surface area contributed by atoms with Crippen molar-refractivity contribution >= 4 is 22.1 Å². The van der Waals surface area contributed by atoms with Gasteiger partial charge in [0.05, 0.1) is 10.6 Å². The van der Waals surface area contributed by atoms with Crippen molar-refractivity contribution in [2.24, 2.45) is 0 Å². The van der Waals surface area contributed by atoms with Gasteiger partial charge in [-0.05, 0) is 34.0 Å². The molecule has 0 atom stereocenters. The Hall–Kier alpha value is -5.04. The van der Waals surface area contributed by atoms with Crippen LogP contribution in [0, 0.1) is 10.1 Å². The standard InChI is InChI=1S/C29H20N4O3/c34-27-18-25(21-13-15-22(16-14-21)33(35)36)30-29-28(24-12-6-10-20-9-4-5-11-23(20)24)26(31-32(27)29)17-19-7-2-1-3-8-19/h1-16,18,31H,17H2. The first-order chi connectivity index (χ1) is 17.6. The van der Waals surface area contributed by atoms with Gasteiger partial charge in [-0.2, -0.15) is 0 Å². The predicted molar refractivity (Wildman–Crippen MR) is 140 cm³/mol. The number of non-ortho nitro benzene ring substituents is 1. The lowest BCUT2D eigenvalue weighted by molar-refractivity contribution is -0.384. The first-order valence-corrected chi connectivity index (χ1v) is 11.5. The molecule has 0 aliphatic carbocycles. The van der Waals surface area contributed by atoms with Gasteiger partial charge in [-0.1, -0.05) is 72.8 Å². The molecule has 4 aromatic carbocycles. The molecular formula is C29H20N4O3. The van der Waals surface area contributed by atoms with E-state index in [1.165, 1.54) is 22.7 Å². The van der Waals surface area contributed by atoms with Crippen molar-refractivity contribution < 1.29 is 4.92 Å². The Morgan fingerprint density at radius 3 is 2.36 bits per heavy atom. The summed E-state index contributed by atoms with van der Waals surface area (Å²) in [6.45, 7) is 0. The molecule has 36 heavy (non-hydrogen) atoms. The molecule has 7 nitrogen and oxygen atoms in total. The molecule has 0 saturated heterocycles. The number of benzene rings is 4. The largest absolute Gasteiger partial charge is 0.293 e. The van der Waals surface area contributed by atoms with Crippen LogP contribution in [0.25, 0.3) is 38.8 Å². The van der Waals surface area contributed by atoms with Crippen molar-refractivity contribution in [1.82, 2.24) is 14.6 Å². The highest BCUT2D eigenvalue weighted by molar-refractivity contribution is 6.00. The van der Waals surface area contributed by atoms with Crippen molar-refractivity contribution in [1.29, 1.82) is 0 Å². The third kappa shape index (κ3) is 3.73. The number of nitrogens with one attached hydrogen (secondary N) is 1. The van der Waals surface area contributed by atoms with Gasteiger partial charge in [0.15, 0.2) is 5.65 Å². The van der Waals surface area contributed by atoms with Gasteiger partial charge >= 0.3 is 0 Å². The molecular weight excluding hydrogens is 452 g/mol. The first kappa shape index (κ1) is 21.5. The van der Waals surface area contributed by atoms with E-state index in [4.69, 9.17) is 4.98 Å². The van der Waals surface area contributed by atoms with Gasteiger partial charge in [-0.3, -0.25) is 20.0 Å². The van der Waals surface area contributed by atoms with Gasteiger partial charge < -0.3 is 0 Å². The van der Waals surface area contributed by atoms with Crippen LogP contribution >= 0.6 is 0 Å². The van der Waals surface area contributed by atoms with Crippen LogP contribution in [0.4, 0.5) is 5.69 Å². The van der Waals surface area contributed by atoms with Gasteiger partial charge in [0.2, 0.25) is 0 Å². The monoisotopic (exact) mass is 472 g/mol. The normalized spacial score (nSPS) is 11.2. The summed E-state index contributed by atoms with van der Waals surface area (Å²) < 4.78 is 1.48. The van der Waals surface area contributed by atoms with Crippen LogP contribution in [-0.4, -0.2) is 19.5 Å². The minimum Gasteiger partial charge on any atom is -0.293 e. The topological polar surface area (TPSA) is 93.3 Å². The van der Waals surface area contributed by atoms with Crippen molar-refractivity contribution in [2.75, 3.05) is 0 Å². The molecule has 0 spiro atoms. The second kappa shape index (κ2) is 8.63. The van der Waals surface area contributed by atoms with Gasteiger partial charge in [0.25, 0.3) is 11.2 Å². The highest BCUT2D eigenvalue weighted by atomic mass is 16.6. The van der Waals surface area contributed by atoms with Crippen LogP contribution in [0.15, 0.2) is 108 Å². The van der Waals surface area contributed by atoms with Crippen LogP contribution in [0.1, 0.15) is 11.3 Å². The fourth-order valence-corrected chi connectivity index (χ4v) is 4.64. The Balaban J connectivity index is 1.62.